The monoisotopic (exact) mass is 372 g/mol. The molecule has 0 aliphatic rings. The van der Waals surface area contributed by atoms with Crippen LogP contribution in [0.25, 0.3) is 0 Å². The van der Waals surface area contributed by atoms with Crippen molar-refractivity contribution in [3.63, 3.8) is 0 Å². The zero-order chi connectivity index (χ0) is 19.6. The molecule has 0 bridgehead atoms. The number of hydrogen-bond donors (Lipinski definition) is 1. The molecular formula is C23H20N2O3. The summed E-state index contributed by atoms with van der Waals surface area (Å²) in [5, 5.41) is 11.6. The topological polar surface area (TPSA) is 71.4 Å². The molecule has 3 rings (SSSR count). The van der Waals surface area contributed by atoms with Crippen molar-refractivity contribution in [3.8, 4) is 17.6 Å². The Morgan fingerprint density at radius 2 is 1.54 bits per heavy atom. The average molecular weight is 372 g/mol. The summed E-state index contributed by atoms with van der Waals surface area (Å²) in [5.74, 6) is 1.02. The maximum atomic E-state index is 12.6. The van der Waals surface area contributed by atoms with Gasteiger partial charge in [0.1, 0.15) is 24.7 Å². The molecule has 0 saturated carbocycles. The smallest absolute Gasteiger partial charge is 0.259 e. The number of carbonyl (C=O) groups is 1. The van der Waals surface area contributed by atoms with Crippen molar-refractivity contribution in [1.82, 2.24) is 0 Å². The normalized spacial score (nSPS) is 9.96. The highest BCUT2D eigenvalue weighted by atomic mass is 16.5. The first-order valence-electron chi connectivity index (χ1n) is 8.93. The number of anilines is 1. The van der Waals surface area contributed by atoms with Crippen LogP contribution in [0.3, 0.4) is 0 Å². The summed E-state index contributed by atoms with van der Waals surface area (Å²) in [5.41, 5.74) is 2.01. The lowest BCUT2D eigenvalue weighted by atomic mass is 10.1. The average Bonchev–Trinajstić information content (AvgIpc) is 2.74. The molecule has 0 aliphatic carbocycles. The fourth-order valence-electron chi connectivity index (χ4n) is 2.60. The van der Waals surface area contributed by atoms with Crippen LogP contribution in [0.15, 0.2) is 78.9 Å². The minimum atomic E-state index is -0.257. The SMILES string of the molecule is N#CCc1ccc(NC(=O)c2ccccc2OCCOc2ccccc2)cc1. The second-order valence-electron chi connectivity index (χ2n) is 5.99. The summed E-state index contributed by atoms with van der Waals surface area (Å²) < 4.78 is 11.4. The molecule has 0 heterocycles. The Morgan fingerprint density at radius 1 is 0.857 bits per heavy atom. The molecule has 5 nitrogen and oxygen atoms in total. The first-order chi connectivity index (χ1) is 13.8. The van der Waals surface area contributed by atoms with Gasteiger partial charge in [-0.1, -0.05) is 42.5 Å². The zero-order valence-electron chi connectivity index (χ0n) is 15.3. The van der Waals surface area contributed by atoms with E-state index in [1.54, 1.807) is 30.3 Å². The molecule has 0 atom stereocenters. The summed E-state index contributed by atoms with van der Waals surface area (Å²) in [6.45, 7) is 0.697. The van der Waals surface area contributed by atoms with Crippen LogP contribution in [0.4, 0.5) is 5.69 Å². The third-order valence-electron chi connectivity index (χ3n) is 3.98. The van der Waals surface area contributed by atoms with Crippen LogP contribution in [0.1, 0.15) is 15.9 Å². The number of hydrogen-bond acceptors (Lipinski definition) is 4. The first kappa shape index (κ1) is 19.0. The molecule has 5 heteroatoms. The van der Waals surface area contributed by atoms with Crippen LogP contribution in [-0.4, -0.2) is 19.1 Å². The Balaban J connectivity index is 1.57. The number of amides is 1. The first-order valence-corrected chi connectivity index (χ1v) is 8.93. The predicted molar refractivity (Wildman–Crippen MR) is 108 cm³/mol. The quantitative estimate of drug-likeness (QED) is 0.593. The van der Waals surface area contributed by atoms with E-state index >= 15 is 0 Å². The van der Waals surface area contributed by atoms with Gasteiger partial charge in [0.25, 0.3) is 5.91 Å². The molecule has 0 aliphatic heterocycles. The van der Waals surface area contributed by atoms with Crippen LogP contribution < -0.4 is 14.8 Å². The van der Waals surface area contributed by atoms with E-state index in [1.807, 2.05) is 48.5 Å². The molecule has 0 fully saturated rings. The lowest BCUT2D eigenvalue weighted by Crippen LogP contribution is -2.15. The molecule has 0 unspecified atom stereocenters. The van der Waals surface area contributed by atoms with Gasteiger partial charge >= 0.3 is 0 Å². The molecule has 140 valence electrons. The summed E-state index contributed by atoms with van der Waals surface area (Å²) >= 11 is 0. The molecular weight excluding hydrogens is 352 g/mol. The van der Waals surface area contributed by atoms with Crippen LogP contribution in [-0.2, 0) is 6.42 Å². The fraction of sp³-hybridized carbons (Fsp3) is 0.130. The fourth-order valence-corrected chi connectivity index (χ4v) is 2.60. The van der Waals surface area contributed by atoms with Crippen molar-refractivity contribution in [1.29, 1.82) is 5.26 Å². The molecule has 3 aromatic carbocycles. The van der Waals surface area contributed by atoms with Crippen molar-refractivity contribution >= 4 is 11.6 Å². The summed E-state index contributed by atoms with van der Waals surface area (Å²) in [6, 6.07) is 25.9. The van der Waals surface area contributed by atoms with Gasteiger partial charge in [0.15, 0.2) is 0 Å². The molecule has 3 aromatic rings. The van der Waals surface area contributed by atoms with Crippen LogP contribution >= 0.6 is 0 Å². The summed E-state index contributed by atoms with van der Waals surface area (Å²) in [7, 11) is 0. The van der Waals surface area contributed by atoms with E-state index in [4.69, 9.17) is 14.7 Å². The lowest BCUT2D eigenvalue weighted by Gasteiger charge is -2.12. The van der Waals surface area contributed by atoms with Crippen LogP contribution in [0.5, 0.6) is 11.5 Å². The van der Waals surface area contributed by atoms with Crippen molar-refractivity contribution in [2.75, 3.05) is 18.5 Å². The second kappa shape index (κ2) is 9.79. The van der Waals surface area contributed by atoms with Gasteiger partial charge in [-0.15, -0.1) is 0 Å². The molecule has 1 amide bonds. The van der Waals surface area contributed by atoms with Crippen molar-refractivity contribution in [2.45, 2.75) is 6.42 Å². The number of para-hydroxylation sites is 2. The maximum Gasteiger partial charge on any atom is 0.259 e. The Morgan fingerprint density at radius 3 is 2.29 bits per heavy atom. The largest absolute Gasteiger partial charge is 0.490 e. The van der Waals surface area contributed by atoms with Crippen molar-refractivity contribution in [2.24, 2.45) is 0 Å². The number of nitriles is 1. The minimum absolute atomic E-state index is 0.257. The van der Waals surface area contributed by atoms with Gasteiger partial charge in [-0.05, 0) is 42.0 Å². The third kappa shape index (κ3) is 5.36. The standard InChI is InChI=1S/C23H20N2O3/c24-15-14-18-10-12-19(13-11-18)25-23(26)21-8-4-5-9-22(21)28-17-16-27-20-6-2-1-3-7-20/h1-13H,14,16-17H2,(H,25,26). The van der Waals surface area contributed by atoms with Gasteiger partial charge in [0.05, 0.1) is 18.1 Å². The van der Waals surface area contributed by atoms with E-state index in [1.165, 1.54) is 0 Å². The Bertz CT molecular complexity index is 948. The van der Waals surface area contributed by atoms with E-state index in [2.05, 4.69) is 11.4 Å². The van der Waals surface area contributed by atoms with Gasteiger partial charge in [-0.3, -0.25) is 4.79 Å². The van der Waals surface area contributed by atoms with Crippen molar-refractivity contribution < 1.29 is 14.3 Å². The highest BCUT2D eigenvalue weighted by molar-refractivity contribution is 6.06. The van der Waals surface area contributed by atoms with Crippen LogP contribution in [0, 0.1) is 11.3 Å². The Labute approximate surface area is 164 Å². The number of rotatable bonds is 8. The van der Waals surface area contributed by atoms with E-state index in [-0.39, 0.29) is 5.91 Å². The number of nitrogens with zero attached hydrogens (tertiary/aromatic N) is 1. The number of ether oxygens (including phenoxy) is 2. The second-order valence-corrected chi connectivity index (χ2v) is 5.99. The van der Waals surface area contributed by atoms with Gasteiger partial charge < -0.3 is 14.8 Å². The van der Waals surface area contributed by atoms with E-state index < -0.39 is 0 Å². The molecule has 0 saturated heterocycles. The Kier molecular flexibility index (Phi) is 6.64. The molecule has 0 spiro atoms. The molecule has 0 aromatic heterocycles. The lowest BCUT2D eigenvalue weighted by molar-refractivity contribution is 0.102. The minimum Gasteiger partial charge on any atom is -0.490 e. The van der Waals surface area contributed by atoms with Crippen LogP contribution in [0.2, 0.25) is 0 Å². The number of carbonyl (C=O) groups excluding carboxylic acids is 1. The van der Waals surface area contributed by atoms with Gasteiger partial charge in [-0.2, -0.15) is 5.26 Å². The number of benzene rings is 3. The van der Waals surface area contributed by atoms with Gasteiger partial charge in [0.2, 0.25) is 0 Å². The molecule has 0 radical (unpaired) electrons. The summed E-state index contributed by atoms with van der Waals surface area (Å²) in [6.07, 6.45) is 0.343. The predicted octanol–water partition coefficient (Wildman–Crippen LogP) is 4.46. The third-order valence-corrected chi connectivity index (χ3v) is 3.98. The van der Waals surface area contributed by atoms with Gasteiger partial charge in [-0.25, -0.2) is 0 Å². The summed E-state index contributed by atoms with van der Waals surface area (Å²) in [4.78, 5) is 12.6. The molecule has 1 N–H and O–H groups in total. The highest BCUT2D eigenvalue weighted by Gasteiger charge is 2.12. The maximum absolute atomic E-state index is 12.6. The van der Waals surface area contributed by atoms with E-state index in [0.717, 1.165) is 11.3 Å². The van der Waals surface area contributed by atoms with Crippen molar-refractivity contribution in [3.05, 3.63) is 90.0 Å². The Hall–Kier alpha value is -3.78. The number of nitrogens with one attached hydrogen (secondary N) is 1. The van der Waals surface area contributed by atoms with Gasteiger partial charge in [0, 0.05) is 5.69 Å². The molecule has 28 heavy (non-hydrogen) atoms. The zero-order valence-corrected chi connectivity index (χ0v) is 15.3. The highest BCUT2D eigenvalue weighted by Crippen LogP contribution is 2.20. The van der Waals surface area contributed by atoms with E-state index in [0.29, 0.717) is 36.6 Å². The van der Waals surface area contributed by atoms with E-state index in [9.17, 15) is 4.79 Å².